The van der Waals surface area contributed by atoms with Crippen molar-refractivity contribution in [3.8, 4) is 11.1 Å². The van der Waals surface area contributed by atoms with E-state index in [9.17, 15) is 18.0 Å². The van der Waals surface area contributed by atoms with Crippen LogP contribution in [0.3, 0.4) is 0 Å². The van der Waals surface area contributed by atoms with E-state index in [2.05, 4.69) is 9.60 Å². The average molecular weight is 503 g/mol. The molecule has 0 atom stereocenters. The van der Waals surface area contributed by atoms with Gasteiger partial charge in [0.2, 0.25) is 0 Å². The number of fused-ring (bicyclic) bond motifs is 1. The fourth-order valence-corrected chi connectivity index (χ4v) is 3.89. The molecule has 36 heavy (non-hydrogen) atoms. The number of nitrogens with one attached hydrogen (secondary N) is 3. The minimum absolute atomic E-state index is 0.0839. The van der Waals surface area contributed by atoms with Gasteiger partial charge in [-0.25, -0.2) is 5.48 Å². The van der Waals surface area contributed by atoms with Crippen LogP contribution in [0.4, 0.5) is 5.69 Å². The Balaban J connectivity index is 1.79. The molecule has 10 heteroatoms. The Kier molecular flexibility index (Phi) is 6.82. The molecule has 0 aliphatic carbocycles. The number of hydrogen-bond acceptors (Lipinski definition) is 6. The number of nitrogen functional groups attached to an aromatic ring is 1. The molecule has 4 aromatic carbocycles. The quantitative estimate of drug-likeness (QED) is 0.172. The highest BCUT2D eigenvalue weighted by Gasteiger charge is 2.20. The van der Waals surface area contributed by atoms with Gasteiger partial charge < -0.3 is 11.1 Å². The highest BCUT2D eigenvalue weighted by Crippen LogP contribution is 2.32. The molecule has 0 aromatic heterocycles. The van der Waals surface area contributed by atoms with Gasteiger partial charge in [0.05, 0.1) is 6.26 Å². The minimum atomic E-state index is -3.92. The SMILES string of the molecule is CS(=O)(=O)ONC(=O)c1ccccc1-c1cc2ccccc2cc1C(=O)Nc1ccc(C(=N)N)cc1. The first-order valence-corrected chi connectivity index (χ1v) is 12.5. The lowest BCUT2D eigenvalue weighted by molar-refractivity contribution is 0.0773. The first kappa shape index (κ1) is 24.6. The largest absolute Gasteiger partial charge is 0.384 e. The number of amides is 2. The molecule has 5 N–H and O–H groups in total. The molecule has 9 nitrogen and oxygen atoms in total. The van der Waals surface area contributed by atoms with E-state index in [1.807, 2.05) is 29.7 Å². The number of hydroxylamine groups is 1. The second kappa shape index (κ2) is 9.98. The maximum atomic E-state index is 13.4. The van der Waals surface area contributed by atoms with E-state index in [0.717, 1.165) is 17.0 Å². The summed E-state index contributed by atoms with van der Waals surface area (Å²) in [5, 5.41) is 12.0. The van der Waals surface area contributed by atoms with Gasteiger partial charge in [0, 0.05) is 22.4 Å². The highest BCUT2D eigenvalue weighted by molar-refractivity contribution is 7.85. The zero-order valence-corrected chi connectivity index (χ0v) is 19.9. The number of carbonyl (C=O) groups is 2. The van der Waals surface area contributed by atoms with Crippen LogP contribution in [0.15, 0.2) is 84.9 Å². The molecule has 4 aromatic rings. The number of nitrogens with two attached hydrogens (primary N) is 1. The molecule has 0 saturated carbocycles. The maximum Gasteiger partial charge on any atom is 0.285 e. The summed E-state index contributed by atoms with van der Waals surface area (Å²) in [5.74, 6) is -1.29. The van der Waals surface area contributed by atoms with Gasteiger partial charge in [-0.1, -0.05) is 42.5 Å². The van der Waals surface area contributed by atoms with Gasteiger partial charge in [-0.3, -0.25) is 15.0 Å². The molecule has 0 spiro atoms. The van der Waals surface area contributed by atoms with Crippen molar-refractivity contribution in [1.82, 2.24) is 5.48 Å². The summed E-state index contributed by atoms with van der Waals surface area (Å²) in [6.45, 7) is 0. The number of rotatable bonds is 7. The van der Waals surface area contributed by atoms with Gasteiger partial charge in [0.1, 0.15) is 5.84 Å². The van der Waals surface area contributed by atoms with E-state index < -0.39 is 21.9 Å². The van der Waals surface area contributed by atoms with Crippen molar-refractivity contribution in [2.24, 2.45) is 5.73 Å². The summed E-state index contributed by atoms with van der Waals surface area (Å²) in [7, 11) is -3.92. The Morgan fingerprint density at radius 3 is 2.06 bits per heavy atom. The third kappa shape index (κ3) is 5.57. The molecule has 0 unspecified atom stereocenters. The van der Waals surface area contributed by atoms with Crippen molar-refractivity contribution in [3.05, 3.63) is 102 Å². The van der Waals surface area contributed by atoms with Crippen LogP contribution in [0.2, 0.25) is 0 Å². The lowest BCUT2D eigenvalue weighted by Gasteiger charge is -2.15. The van der Waals surface area contributed by atoms with E-state index in [0.29, 0.717) is 27.9 Å². The van der Waals surface area contributed by atoms with Gasteiger partial charge in [0.15, 0.2) is 0 Å². The van der Waals surface area contributed by atoms with Crippen LogP contribution in [0.5, 0.6) is 0 Å². The van der Waals surface area contributed by atoms with Crippen molar-refractivity contribution in [1.29, 1.82) is 5.41 Å². The number of benzene rings is 4. The fraction of sp³-hybridized carbons (Fsp3) is 0.0385. The Bertz CT molecular complexity index is 1600. The monoisotopic (exact) mass is 502 g/mol. The van der Waals surface area contributed by atoms with E-state index in [-0.39, 0.29) is 11.4 Å². The summed E-state index contributed by atoms with van der Waals surface area (Å²) in [6, 6.07) is 24.0. The Morgan fingerprint density at radius 2 is 1.42 bits per heavy atom. The van der Waals surface area contributed by atoms with Crippen LogP contribution in [0.25, 0.3) is 21.9 Å². The first-order valence-electron chi connectivity index (χ1n) is 10.7. The zero-order chi connectivity index (χ0) is 25.9. The average Bonchev–Trinajstić information content (AvgIpc) is 2.86. The van der Waals surface area contributed by atoms with Gasteiger partial charge in [-0.2, -0.15) is 8.42 Å². The van der Waals surface area contributed by atoms with Crippen molar-refractivity contribution in [2.75, 3.05) is 11.6 Å². The summed E-state index contributed by atoms with van der Waals surface area (Å²) in [4.78, 5) is 26.2. The lowest BCUT2D eigenvalue weighted by atomic mass is 9.92. The van der Waals surface area contributed by atoms with Gasteiger partial charge in [-0.15, -0.1) is 4.28 Å². The topological polar surface area (TPSA) is 151 Å². The Hall–Kier alpha value is -4.54. The maximum absolute atomic E-state index is 13.4. The molecule has 0 heterocycles. The third-order valence-electron chi connectivity index (χ3n) is 5.33. The van der Waals surface area contributed by atoms with E-state index in [1.54, 1.807) is 54.6 Å². The van der Waals surface area contributed by atoms with Crippen LogP contribution in [-0.4, -0.2) is 32.3 Å². The van der Waals surface area contributed by atoms with Gasteiger partial charge in [0.25, 0.3) is 21.9 Å². The van der Waals surface area contributed by atoms with E-state index in [4.69, 9.17) is 11.1 Å². The van der Waals surface area contributed by atoms with Gasteiger partial charge in [-0.05, 0) is 64.4 Å². The van der Waals surface area contributed by atoms with Crippen LogP contribution in [-0.2, 0) is 14.4 Å². The summed E-state index contributed by atoms with van der Waals surface area (Å²) < 4.78 is 27.1. The molecule has 0 bridgehead atoms. The molecule has 4 rings (SSSR count). The molecular weight excluding hydrogens is 480 g/mol. The number of anilines is 1. The van der Waals surface area contributed by atoms with Crippen molar-refractivity contribution in [3.63, 3.8) is 0 Å². The molecule has 0 radical (unpaired) electrons. The van der Waals surface area contributed by atoms with Gasteiger partial charge >= 0.3 is 0 Å². The molecule has 2 amide bonds. The van der Waals surface area contributed by atoms with Crippen LogP contribution in [0.1, 0.15) is 26.3 Å². The Labute approximate surface area is 207 Å². The summed E-state index contributed by atoms with van der Waals surface area (Å²) >= 11 is 0. The molecule has 182 valence electrons. The molecular formula is C26H22N4O5S. The van der Waals surface area contributed by atoms with E-state index >= 15 is 0 Å². The second-order valence-corrected chi connectivity index (χ2v) is 9.53. The summed E-state index contributed by atoms with van der Waals surface area (Å²) in [5.41, 5.74) is 9.76. The lowest BCUT2D eigenvalue weighted by Crippen LogP contribution is -2.27. The van der Waals surface area contributed by atoms with Crippen LogP contribution >= 0.6 is 0 Å². The molecule has 0 saturated heterocycles. The molecule has 0 fully saturated rings. The third-order valence-corrected chi connectivity index (χ3v) is 5.72. The van der Waals surface area contributed by atoms with Crippen molar-refractivity contribution < 1.29 is 22.3 Å². The Morgan fingerprint density at radius 1 is 0.806 bits per heavy atom. The standard InChI is InChI=1S/C26H22N4O5S/c1-36(33,34)35-30-26(32)21-9-5-4-8-20(21)22-14-17-6-2-3-7-18(17)15-23(22)25(31)29-19-12-10-16(11-13-19)24(27)28/h2-15H,1H3,(H3,27,28)(H,29,31)(H,30,32). The molecule has 0 aliphatic rings. The predicted molar refractivity (Wildman–Crippen MR) is 138 cm³/mol. The van der Waals surface area contributed by atoms with Crippen molar-refractivity contribution >= 4 is 44.2 Å². The predicted octanol–water partition coefficient (Wildman–Crippen LogP) is 3.66. The zero-order valence-electron chi connectivity index (χ0n) is 19.1. The fourth-order valence-electron chi connectivity index (χ4n) is 3.67. The highest BCUT2D eigenvalue weighted by atomic mass is 32.2. The van der Waals surface area contributed by atoms with E-state index in [1.165, 1.54) is 6.07 Å². The smallest absolute Gasteiger partial charge is 0.285 e. The van der Waals surface area contributed by atoms with Crippen LogP contribution < -0.4 is 16.5 Å². The second-order valence-electron chi connectivity index (χ2n) is 7.95. The summed E-state index contributed by atoms with van der Waals surface area (Å²) in [6.07, 6.45) is 0.813. The minimum Gasteiger partial charge on any atom is -0.384 e. The number of amidine groups is 1. The first-order chi connectivity index (χ1) is 17.1. The van der Waals surface area contributed by atoms with Crippen molar-refractivity contribution in [2.45, 2.75) is 0 Å². The molecule has 0 aliphatic heterocycles. The number of hydrogen-bond donors (Lipinski definition) is 4. The van der Waals surface area contributed by atoms with Crippen LogP contribution in [0, 0.1) is 5.41 Å². The normalized spacial score (nSPS) is 11.1. The number of carbonyl (C=O) groups excluding carboxylic acids is 2.